The molecule has 0 saturated carbocycles. The minimum absolute atomic E-state index is 0.0177. The van der Waals surface area contributed by atoms with Crippen LogP contribution in [0.15, 0.2) is 9.63 Å². The largest absolute Gasteiger partial charge is 0.263 e. The van der Waals surface area contributed by atoms with Crippen molar-refractivity contribution in [2.24, 2.45) is 12.5 Å². The lowest BCUT2D eigenvalue weighted by Gasteiger charge is -2.36. The second kappa shape index (κ2) is 4.57. The maximum atomic E-state index is 12.6. The third kappa shape index (κ3) is 2.46. The van der Waals surface area contributed by atoms with Gasteiger partial charge in [-0.1, -0.05) is 19.1 Å². The Kier molecular flexibility index (Phi) is 3.54. The van der Waals surface area contributed by atoms with Crippen molar-refractivity contribution in [3.05, 3.63) is 4.60 Å². The quantitative estimate of drug-likeness (QED) is 0.818. The van der Waals surface area contributed by atoms with E-state index in [-0.39, 0.29) is 15.0 Å². The zero-order valence-electron chi connectivity index (χ0n) is 10.7. The molecule has 1 aliphatic heterocycles. The summed E-state index contributed by atoms with van der Waals surface area (Å²) in [6.45, 7) is 5.27. The summed E-state index contributed by atoms with van der Waals surface area (Å²) >= 11 is 3.15. The molecule has 0 spiro atoms. The predicted octanol–water partition coefficient (Wildman–Crippen LogP) is 1.39. The van der Waals surface area contributed by atoms with Crippen LogP contribution in [0, 0.1) is 5.41 Å². The molecule has 1 aliphatic rings. The van der Waals surface area contributed by atoms with Gasteiger partial charge in [-0.2, -0.15) is 4.31 Å². The molecular weight excluding hydrogens is 320 g/mol. The van der Waals surface area contributed by atoms with Gasteiger partial charge in [-0.05, 0) is 34.2 Å². The number of hydrogen-bond acceptors (Lipinski definition) is 4. The number of aromatic nitrogens is 3. The van der Waals surface area contributed by atoms with Crippen LogP contribution in [0.1, 0.15) is 26.7 Å². The van der Waals surface area contributed by atoms with E-state index in [9.17, 15) is 8.42 Å². The second-order valence-electron chi connectivity index (χ2n) is 5.42. The molecule has 0 amide bonds. The fraction of sp³-hybridized carbons (Fsp3) is 0.800. The summed E-state index contributed by atoms with van der Waals surface area (Å²) in [6, 6.07) is 0. The molecule has 0 bridgehead atoms. The highest BCUT2D eigenvalue weighted by Gasteiger charge is 2.37. The Hall–Kier alpha value is -0.470. The summed E-state index contributed by atoms with van der Waals surface area (Å²) < 4.78 is 28.2. The van der Waals surface area contributed by atoms with E-state index in [2.05, 4.69) is 40.1 Å². The summed E-state index contributed by atoms with van der Waals surface area (Å²) in [7, 11) is -1.94. The van der Waals surface area contributed by atoms with Crippen LogP contribution in [0.5, 0.6) is 0 Å². The number of rotatable bonds is 2. The van der Waals surface area contributed by atoms with Gasteiger partial charge in [-0.3, -0.25) is 0 Å². The number of aryl methyl sites for hydroxylation is 1. The first kappa shape index (κ1) is 14.0. The predicted molar refractivity (Wildman–Crippen MR) is 70.5 cm³/mol. The van der Waals surface area contributed by atoms with Crippen LogP contribution in [0.25, 0.3) is 0 Å². The normalized spacial score (nSPS) is 21.1. The van der Waals surface area contributed by atoms with E-state index >= 15 is 0 Å². The highest BCUT2D eigenvalue weighted by Crippen LogP contribution is 2.32. The maximum Gasteiger partial charge on any atom is 0.263 e. The van der Waals surface area contributed by atoms with E-state index in [1.807, 2.05) is 0 Å². The third-order valence-electron chi connectivity index (χ3n) is 3.19. The molecular formula is C10H17BrN4O2S. The molecule has 1 fully saturated rings. The molecule has 2 rings (SSSR count). The monoisotopic (exact) mass is 336 g/mol. The second-order valence-corrected chi connectivity index (χ2v) is 8.02. The molecule has 102 valence electrons. The molecule has 18 heavy (non-hydrogen) atoms. The van der Waals surface area contributed by atoms with E-state index in [1.54, 1.807) is 7.05 Å². The van der Waals surface area contributed by atoms with Gasteiger partial charge >= 0.3 is 0 Å². The highest BCUT2D eigenvalue weighted by atomic mass is 79.9. The van der Waals surface area contributed by atoms with Crippen molar-refractivity contribution < 1.29 is 8.42 Å². The Labute approximate surface area is 116 Å². The lowest BCUT2D eigenvalue weighted by Crippen LogP contribution is -2.44. The van der Waals surface area contributed by atoms with Crippen LogP contribution in [0.4, 0.5) is 0 Å². The van der Waals surface area contributed by atoms with Gasteiger partial charge in [0.25, 0.3) is 10.0 Å². The lowest BCUT2D eigenvalue weighted by molar-refractivity contribution is 0.186. The number of sulfonamides is 1. The number of halogens is 1. The molecule has 0 atom stereocenters. The van der Waals surface area contributed by atoms with Crippen LogP contribution in [-0.4, -0.2) is 40.8 Å². The number of piperidine rings is 1. The topological polar surface area (TPSA) is 68.1 Å². The molecule has 0 aromatic carbocycles. The van der Waals surface area contributed by atoms with Gasteiger partial charge in [0.05, 0.1) is 0 Å². The van der Waals surface area contributed by atoms with Crippen LogP contribution >= 0.6 is 15.9 Å². The van der Waals surface area contributed by atoms with Crippen molar-refractivity contribution >= 4 is 26.0 Å². The molecule has 6 nitrogen and oxygen atoms in total. The van der Waals surface area contributed by atoms with Gasteiger partial charge in [0.2, 0.25) is 5.03 Å². The Morgan fingerprint density at radius 1 is 1.39 bits per heavy atom. The van der Waals surface area contributed by atoms with Gasteiger partial charge in [0, 0.05) is 20.1 Å². The Morgan fingerprint density at radius 2 is 2.06 bits per heavy atom. The van der Waals surface area contributed by atoms with E-state index in [0.717, 1.165) is 12.8 Å². The first-order valence-electron chi connectivity index (χ1n) is 5.79. The summed E-state index contributed by atoms with van der Waals surface area (Å²) in [5.74, 6) is 0. The average molecular weight is 337 g/mol. The molecule has 0 unspecified atom stereocenters. The van der Waals surface area contributed by atoms with Crippen molar-refractivity contribution in [2.75, 3.05) is 13.1 Å². The molecule has 0 radical (unpaired) electrons. The average Bonchev–Trinajstić information content (AvgIpc) is 2.57. The number of nitrogens with zero attached hydrogens (tertiary/aromatic N) is 4. The van der Waals surface area contributed by atoms with Crippen molar-refractivity contribution in [2.45, 2.75) is 31.7 Å². The SMILES string of the molecule is Cn1nnc(Br)c1S(=O)(=O)N1CCCC(C)(C)C1. The molecule has 2 heterocycles. The first-order valence-corrected chi connectivity index (χ1v) is 8.03. The van der Waals surface area contributed by atoms with Gasteiger partial charge < -0.3 is 0 Å². The van der Waals surface area contributed by atoms with Gasteiger partial charge in [-0.25, -0.2) is 13.1 Å². The smallest absolute Gasteiger partial charge is 0.235 e. The summed E-state index contributed by atoms with van der Waals surface area (Å²) in [4.78, 5) is 0. The van der Waals surface area contributed by atoms with Gasteiger partial charge in [-0.15, -0.1) is 5.10 Å². The van der Waals surface area contributed by atoms with Gasteiger partial charge in [0.15, 0.2) is 4.60 Å². The fourth-order valence-corrected chi connectivity index (χ4v) is 4.99. The van der Waals surface area contributed by atoms with Gasteiger partial charge in [0.1, 0.15) is 0 Å². The third-order valence-corrected chi connectivity index (χ3v) is 5.92. The van der Waals surface area contributed by atoms with Crippen LogP contribution in [0.3, 0.4) is 0 Å². The molecule has 1 aromatic rings. The van der Waals surface area contributed by atoms with Crippen LogP contribution in [-0.2, 0) is 17.1 Å². The van der Waals surface area contributed by atoms with E-state index in [0.29, 0.717) is 13.1 Å². The maximum absolute atomic E-state index is 12.6. The molecule has 0 N–H and O–H groups in total. The molecule has 0 aliphatic carbocycles. The van der Waals surface area contributed by atoms with Crippen molar-refractivity contribution in [1.82, 2.24) is 19.3 Å². The zero-order chi connectivity index (χ0) is 13.6. The minimum atomic E-state index is -3.53. The lowest BCUT2D eigenvalue weighted by atomic mass is 9.85. The molecule has 8 heteroatoms. The van der Waals surface area contributed by atoms with E-state index < -0.39 is 10.0 Å². The van der Waals surface area contributed by atoms with Crippen molar-refractivity contribution in [3.8, 4) is 0 Å². The van der Waals surface area contributed by atoms with Crippen molar-refractivity contribution in [1.29, 1.82) is 0 Å². The van der Waals surface area contributed by atoms with Crippen LogP contribution < -0.4 is 0 Å². The first-order chi connectivity index (χ1) is 8.24. The minimum Gasteiger partial charge on any atom is -0.235 e. The standard InChI is InChI=1S/C10H17BrN4O2S/c1-10(2)5-4-6-15(7-10)18(16,17)9-8(11)12-13-14(9)3/h4-7H2,1-3H3. The molecule has 1 aromatic heterocycles. The number of hydrogen-bond donors (Lipinski definition) is 0. The highest BCUT2D eigenvalue weighted by molar-refractivity contribution is 9.10. The Balaban J connectivity index is 2.38. The Bertz CT molecular complexity index is 533. The van der Waals surface area contributed by atoms with E-state index in [1.165, 1.54) is 8.99 Å². The summed E-state index contributed by atoms with van der Waals surface area (Å²) in [5.41, 5.74) is 0.0177. The fourth-order valence-electron chi connectivity index (χ4n) is 2.29. The summed E-state index contributed by atoms with van der Waals surface area (Å²) in [5, 5.41) is 7.59. The zero-order valence-corrected chi connectivity index (χ0v) is 13.1. The molecule has 1 saturated heterocycles. The van der Waals surface area contributed by atoms with E-state index in [4.69, 9.17) is 0 Å². The summed E-state index contributed by atoms with van der Waals surface area (Å²) in [6.07, 6.45) is 1.93. The Morgan fingerprint density at radius 3 is 2.56 bits per heavy atom. The van der Waals surface area contributed by atoms with Crippen LogP contribution in [0.2, 0.25) is 0 Å². The van der Waals surface area contributed by atoms with Crippen molar-refractivity contribution in [3.63, 3.8) is 0 Å².